The van der Waals surface area contributed by atoms with Crippen LogP contribution in [0, 0.1) is 0 Å². The van der Waals surface area contributed by atoms with E-state index in [1.165, 1.54) is 0 Å². The summed E-state index contributed by atoms with van der Waals surface area (Å²) in [5.74, 6) is 0.972. The van der Waals surface area contributed by atoms with Crippen LogP contribution in [0.5, 0.6) is 0 Å². The minimum absolute atomic E-state index is 0.659. The fourth-order valence-electron chi connectivity index (χ4n) is 1.54. The quantitative estimate of drug-likeness (QED) is 0.706. The topological polar surface area (TPSA) is 31.8 Å². The standard InChI is InChI=1S/C12H23N4OP/c1-14(2)18(15(3)4)17-11-10-16(5)12-8-6-7-9-13-12/h6-9H,10-11H2,1-5H3. The minimum atomic E-state index is -0.659. The molecule has 1 aromatic heterocycles. The van der Waals surface area contributed by atoms with Gasteiger partial charge in [0.2, 0.25) is 0 Å². The summed E-state index contributed by atoms with van der Waals surface area (Å²) in [7, 11) is 9.51. The summed E-state index contributed by atoms with van der Waals surface area (Å²) < 4.78 is 10.1. The van der Waals surface area contributed by atoms with Gasteiger partial charge in [-0.15, -0.1) is 0 Å². The van der Waals surface area contributed by atoms with E-state index in [4.69, 9.17) is 4.52 Å². The molecule has 0 amide bonds. The van der Waals surface area contributed by atoms with Crippen molar-refractivity contribution in [2.45, 2.75) is 0 Å². The Hall–Kier alpha value is -0.740. The minimum Gasteiger partial charge on any atom is -0.357 e. The molecule has 1 rings (SSSR count). The van der Waals surface area contributed by atoms with Gasteiger partial charge in [-0.25, -0.2) is 4.98 Å². The third-order valence-electron chi connectivity index (χ3n) is 2.36. The molecule has 0 N–H and O–H groups in total. The highest BCUT2D eigenvalue weighted by atomic mass is 31.2. The first-order chi connectivity index (χ1) is 8.52. The molecule has 0 aliphatic heterocycles. The Balaban J connectivity index is 2.37. The molecule has 0 saturated heterocycles. The second kappa shape index (κ2) is 7.64. The van der Waals surface area contributed by atoms with Crippen LogP contribution >= 0.6 is 8.45 Å². The highest BCUT2D eigenvalue weighted by molar-refractivity contribution is 7.47. The number of aromatic nitrogens is 1. The van der Waals surface area contributed by atoms with Gasteiger partial charge in [-0.1, -0.05) is 6.07 Å². The molecular formula is C12H23N4OP. The van der Waals surface area contributed by atoms with Gasteiger partial charge in [0.15, 0.2) is 8.45 Å². The van der Waals surface area contributed by atoms with E-state index in [0.717, 1.165) is 12.4 Å². The molecule has 0 fully saturated rings. The lowest BCUT2D eigenvalue weighted by Gasteiger charge is -2.29. The number of likely N-dealkylation sites (N-methyl/N-ethyl adjacent to an activating group) is 1. The molecule has 18 heavy (non-hydrogen) atoms. The molecule has 0 spiro atoms. The summed E-state index contributed by atoms with van der Waals surface area (Å²) in [4.78, 5) is 6.40. The maximum Gasteiger partial charge on any atom is 0.186 e. The van der Waals surface area contributed by atoms with Gasteiger partial charge >= 0.3 is 0 Å². The molecule has 1 aromatic rings. The van der Waals surface area contributed by atoms with E-state index >= 15 is 0 Å². The van der Waals surface area contributed by atoms with Gasteiger partial charge in [0, 0.05) is 19.8 Å². The molecule has 6 heteroatoms. The lowest BCUT2D eigenvalue weighted by Crippen LogP contribution is -2.25. The van der Waals surface area contributed by atoms with Crippen LogP contribution in [0.1, 0.15) is 0 Å². The highest BCUT2D eigenvalue weighted by Crippen LogP contribution is 2.40. The van der Waals surface area contributed by atoms with Crippen LogP contribution < -0.4 is 4.90 Å². The summed E-state index contributed by atoms with van der Waals surface area (Å²) >= 11 is 0. The van der Waals surface area contributed by atoms with E-state index in [0.29, 0.717) is 6.61 Å². The summed E-state index contributed by atoms with van der Waals surface area (Å²) in [5, 5.41) is 0. The average molecular weight is 270 g/mol. The van der Waals surface area contributed by atoms with Crippen LogP contribution in [0.3, 0.4) is 0 Å². The predicted octanol–water partition coefficient (Wildman–Crippen LogP) is 1.88. The number of hydrogen-bond donors (Lipinski definition) is 0. The Labute approximate surface area is 111 Å². The molecule has 0 bridgehead atoms. The monoisotopic (exact) mass is 270 g/mol. The smallest absolute Gasteiger partial charge is 0.186 e. The van der Waals surface area contributed by atoms with Crippen molar-refractivity contribution in [2.75, 3.05) is 53.3 Å². The van der Waals surface area contributed by atoms with E-state index in [9.17, 15) is 0 Å². The lowest BCUT2D eigenvalue weighted by molar-refractivity contribution is 0.304. The summed E-state index contributed by atoms with van der Waals surface area (Å²) in [6.07, 6.45) is 1.80. The van der Waals surface area contributed by atoms with Gasteiger partial charge in [-0.3, -0.25) is 9.34 Å². The summed E-state index contributed by atoms with van der Waals surface area (Å²) in [6, 6.07) is 5.91. The first-order valence-electron chi connectivity index (χ1n) is 5.92. The van der Waals surface area contributed by atoms with Gasteiger partial charge in [-0.05, 0) is 40.3 Å². The first-order valence-corrected chi connectivity index (χ1v) is 7.08. The van der Waals surface area contributed by atoms with Crippen LogP contribution in [-0.4, -0.2) is 62.7 Å². The van der Waals surface area contributed by atoms with Crippen molar-refractivity contribution in [1.82, 2.24) is 14.3 Å². The molecule has 5 nitrogen and oxygen atoms in total. The lowest BCUT2D eigenvalue weighted by atomic mass is 10.4. The molecule has 0 aliphatic carbocycles. The van der Waals surface area contributed by atoms with Crippen molar-refractivity contribution >= 4 is 14.3 Å². The Bertz CT molecular complexity index is 326. The van der Waals surface area contributed by atoms with E-state index < -0.39 is 8.45 Å². The molecule has 0 saturated carbocycles. The van der Waals surface area contributed by atoms with Crippen molar-refractivity contribution < 1.29 is 4.52 Å². The summed E-state index contributed by atoms with van der Waals surface area (Å²) in [5.41, 5.74) is 0. The van der Waals surface area contributed by atoms with Gasteiger partial charge in [0.1, 0.15) is 5.82 Å². The van der Waals surface area contributed by atoms with E-state index in [-0.39, 0.29) is 0 Å². The molecule has 102 valence electrons. The zero-order chi connectivity index (χ0) is 13.5. The maximum atomic E-state index is 5.90. The Morgan fingerprint density at radius 2 is 1.78 bits per heavy atom. The zero-order valence-electron chi connectivity index (χ0n) is 11.9. The molecule has 0 aliphatic rings. The second-order valence-corrected chi connectivity index (χ2v) is 6.75. The summed E-state index contributed by atoms with van der Waals surface area (Å²) in [6.45, 7) is 1.52. The van der Waals surface area contributed by atoms with E-state index in [2.05, 4.69) is 19.2 Å². The number of rotatable bonds is 7. The third kappa shape index (κ3) is 4.86. The van der Waals surface area contributed by atoms with Crippen LogP contribution in [0.4, 0.5) is 5.82 Å². The normalized spacial score (nSPS) is 11.6. The Kier molecular flexibility index (Phi) is 6.50. The highest BCUT2D eigenvalue weighted by Gasteiger charge is 2.15. The van der Waals surface area contributed by atoms with Crippen molar-refractivity contribution in [3.8, 4) is 0 Å². The van der Waals surface area contributed by atoms with E-state index in [1.54, 1.807) is 6.20 Å². The molecule has 1 heterocycles. The number of pyridine rings is 1. The Morgan fingerprint density at radius 1 is 1.11 bits per heavy atom. The number of nitrogens with zero attached hydrogens (tertiary/aromatic N) is 4. The first kappa shape index (κ1) is 15.3. The van der Waals surface area contributed by atoms with Gasteiger partial charge in [0.25, 0.3) is 0 Å². The largest absolute Gasteiger partial charge is 0.357 e. The van der Waals surface area contributed by atoms with Crippen LogP contribution in [-0.2, 0) is 4.52 Å². The third-order valence-corrected chi connectivity index (χ3v) is 4.14. The molecule has 0 unspecified atom stereocenters. The SMILES string of the molecule is CN(CCOP(N(C)C)N(C)C)c1ccccn1. The zero-order valence-corrected chi connectivity index (χ0v) is 12.8. The van der Waals surface area contributed by atoms with Gasteiger partial charge < -0.3 is 9.42 Å². The molecular weight excluding hydrogens is 247 g/mol. The van der Waals surface area contributed by atoms with Crippen molar-refractivity contribution in [3.05, 3.63) is 24.4 Å². The molecule has 0 radical (unpaired) electrons. The van der Waals surface area contributed by atoms with Gasteiger partial charge in [-0.2, -0.15) is 0 Å². The van der Waals surface area contributed by atoms with Crippen LogP contribution in [0.15, 0.2) is 24.4 Å². The van der Waals surface area contributed by atoms with Crippen molar-refractivity contribution in [1.29, 1.82) is 0 Å². The molecule has 0 aromatic carbocycles. The maximum absolute atomic E-state index is 5.90. The fraction of sp³-hybridized carbons (Fsp3) is 0.583. The second-order valence-electron chi connectivity index (χ2n) is 4.39. The predicted molar refractivity (Wildman–Crippen MR) is 77.8 cm³/mol. The number of anilines is 1. The van der Waals surface area contributed by atoms with E-state index in [1.807, 2.05) is 53.4 Å². The average Bonchev–Trinajstić information content (AvgIpc) is 2.34. The number of hydrogen-bond acceptors (Lipinski definition) is 5. The molecule has 0 atom stereocenters. The van der Waals surface area contributed by atoms with Crippen LogP contribution in [0.25, 0.3) is 0 Å². The van der Waals surface area contributed by atoms with Crippen molar-refractivity contribution in [2.24, 2.45) is 0 Å². The van der Waals surface area contributed by atoms with Gasteiger partial charge in [0.05, 0.1) is 6.61 Å². The van der Waals surface area contributed by atoms with Crippen LogP contribution in [0.2, 0.25) is 0 Å². The van der Waals surface area contributed by atoms with Crippen molar-refractivity contribution in [3.63, 3.8) is 0 Å². The fourth-order valence-corrected chi connectivity index (χ4v) is 2.96. The Morgan fingerprint density at radius 3 is 2.28 bits per heavy atom.